The van der Waals surface area contributed by atoms with E-state index in [4.69, 9.17) is 4.28 Å². The van der Waals surface area contributed by atoms with Crippen molar-refractivity contribution in [2.24, 2.45) is 0 Å². The Kier molecular flexibility index (Phi) is 2.98. The molecule has 0 N–H and O–H groups in total. The second-order valence-electron chi connectivity index (χ2n) is 4.82. The molecule has 0 fully saturated rings. The fourth-order valence-corrected chi connectivity index (χ4v) is 2.91. The number of rotatable bonds is 3. The third-order valence-corrected chi connectivity index (χ3v) is 4.21. The molecule has 0 radical (unpaired) electrons. The van der Waals surface area contributed by atoms with Gasteiger partial charge in [-0.05, 0) is 32.9 Å². The average Bonchev–Trinajstić information content (AvgIpc) is 2.88. The van der Waals surface area contributed by atoms with Gasteiger partial charge in [-0.15, -0.1) is 14.5 Å². The van der Waals surface area contributed by atoms with Crippen LogP contribution in [0.5, 0.6) is 0 Å². The van der Waals surface area contributed by atoms with Gasteiger partial charge in [-0.3, -0.25) is 4.28 Å². The molecule has 2 aromatic heterocycles. The summed E-state index contributed by atoms with van der Waals surface area (Å²) in [6.07, 6.45) is 0. The SMILES string of the molecule is Cc1ccc(S(=O)(=O)On2c(C)nn3nc(C)cc23)cc1. The molecule has 0 aliphatic heterocycles. The molecule has 0 saturated heterocycles. The fraction of sp³-hybridized carbons (Fsp3) is 0.231. The highest BCUT2D eigenvalue weighted by Crippen LogP contribution is 2.14. The number of hydrogen-bond donors (Lipinski definition) is 0. The summed E-state index contributed by atoms with van der Waals surface area (Å²) in [7, 11) is -3.92. The van der Waals surface area contributed by atoms with Gasteiger partial charge < -0.3 is 0 Å². The first-order chi connectivity index (χ1) is 9.87. The van der Waals surface area contributed by atoms with Crippen molar-refractivity contribution in [1.82, 2.24) is 19.6 Å². The zero-order valence-electron chi connectivity index (χ0n) is 11.8. The quantitative estimate of drug-likeness (QED) is 0.728. The highest BCUT2D eigenvalue weighted by Gasteiger charge is 2.21. The monoisotopic (exact) mass is 306 g/mol. The average molecular weight is 306 g/mol. The number of fused-ring (bicyclic) bond motifs is 1. The molecular formula is C13H14N4O3S. The minimum atomic E-state index is -3.92. The van der Waals surface area contributed by atoms with Crippen molar-refractivity contribution in [3.05, 3.63) is 47.4 Å². The third kappa shape index (κ3) is 2.38. The molecule has 0 amide bonds. The minimum Gasteiger partial charge on any atom is -0.280 e. The highest BCUT2D eigenvalue weighted by atomic mass is 32.2. The van der Waals surface area contributed by atoms with E-state index in [1.165, 1.54) is 16.8 Å². The van der Waals surface area contributed by atoms with Crippen molar-refractivity contribution >= 4 is 15.8 Å². The fourth-order valence-electron chi connectivity index (χ4n) is 1.97. The summed E-state index contributed by atoms with van der Waals surface area (Å²) in [5, 5.41) is 8.22. The van der Waals surface area contributed by atoms with E-state index in [0.717, 1.165) is 16.0 Å². The molecule has 0 atom stereocenters. The van der Waals surface area contributed by atoms with Crippen LogP contribution in [0, 0.1) is 20.8 Å². The minimum absolute atomic E-state index is 0.0931. The molecule has 8 heteroatoms. The Labute approximate surface area is 121 Å². The maximum absolute atomic E-state index is 12.3. The number of nitrogens with zero attached hydrogens (tertiary/aromatic N) is 4. The van der Waals surface area contributed by atoms with E-state index in [9.17, 15) is 8.42 Å². The molecule has 2 heterocycles. The Morgan fingerprint density at radius 2 is 1.71 bits per heavy atom. The molecule has 3 rings (SSSR count). The molecular weight excluding hydrogens is 292 g/mol. The van der Waals surface area contributed by atoms with Crippen LogP contribution < -0.4 is 4.28 Å². The van der Waals surface area contributed by atoms with Crippen LogP contribution in [0.15, 0.2) is 35.2 Å². The number of benzene rings is 1. The topological polar surface area (TPSA) is 78.5 Å². The number of hydrogen-bond acceptors (Lipinski definition) is 5. The summed E-state index contributed by atoms with van der Waals surface area (Å²) in [5.41, 5.74) is 2.16. The normalized spacial score (nSPS) is 12.0. The van der Waals surface area contributed by atoms with E-state index in [1.54, 1.807) is 32.0 Å². The number of aromatic nitrogens is 4. The van der Waals surface area contributed by atoms with Crippen molar-refractivity contribution in [1.29, 1.82) is 0 Å². The molecule has 110 valence electrons. The Bertz CT molecular complexity index is 907. The van der Waals surface area contributed by atoms with E-state index < -0.39 is 10.1 Å². The molecule has 3 aromatic rings. The molecule has 0 aliphatic carbocycles. The maximum Gasteiger partial charge on any atom is 0.357 e. The highest BCUT2D eigenvalue weighted by molar-refractivity contribution is 7.87. The summed E-state index contributed by atoms with van der Waals surface area (Å²) < 4.78 is 32.3. The van der Waals surface area contributed by atoms with Gasteiger partial charge in [0.1, 0.15) is 4.90 Å². The maximum atomic E-state index is 12.3. The van der Waals surface area contributed by atoms with E-state index in [-0.39, 0.29) is 4.90 Å². The van der Waals surface area contributed by atoms with Gasteiger partial charge in [-0.1, -0.05) is 17.7 Å². The Balaban J connectivity index is 2.04. The van der Waals surface area contributed by atoms with Gasteiger partial charge in [0, 0.05) is 6.07 Å². The summed E-state index contributed by atoms with van der Waals surface area (Å²) in [6, 6.07) is 8.15. The van der Waals surface area contributed by atoms with Gasteiger partial charge in [-0.25, -0.2) is 0 Å². The summed E-state index contributed by atoms with van der Waals surface area (Å²) in [5.74, 6) is 0.396. The lowest BCUT2D eigenvalue weighted by Gasteiger charge is -2.08. The van der Waals surface area contributed by atoms with Crippen LogP contribution in [-0.2, 0) is 10.1 Å². The van der Waals surface area contributed by atoms with Gasteiger partial charge in [0.15, 0.2) is 11.5 Å². The van der Waals surface area contributed by atoms with Crippen LogP contribution in [0.1, 0.15) is 17.1 Å². The van der Waals surface area contributed by atoms with E-state index >= 15 is 0 Å². The Morgan fingerprint density at radius 1 is 1.05 bits per heavy atom. The first kappa shape index (κ1) is 13.6. The summed E-state index contributed by atoms with van der Waals surface area (Å²) >= 11 is 0. The van der Waals surface area contributed by atoms with Crippen molar-refractivity contribution in [3.8, 4) is 0 Å². The van der Waals surface area contributed by atoms with Crippen LogP contribution in [0.2, 0.25) is 0 Å². The first-order valence-electron chi connectivity index (χ1n) is 6.30. The molecule has 21 heavy (non-hydrogen) atoms. The molecule has 0 aliphatic rings. The zero-order chi connectivity index (χ0) is 15.2. The first-order valence-corrected chi connectivity index (χ1v) is 7.71. The summed E-state index contributed by atoms with van der Waals surface area (Å²) in [6.45, 7) is 5.33. The predicted molar refractivity (Wildman–Crippen MR) is 75.4 cm³/mol. The molecule has 0 bridgehead atoms. The molecule has 0 spiro atoms. The van der Waals surface area contributed by atoms with Gasteiger partial charge in [0.2, 0.25) is 0 Å². The molecule has 1 aromatic carbocycles. The van der Waals surface area contributed by atoms with E-state index in [2.05, 4.69) is 10.2 Å². The van der Waals surface area contributed by atoms with Crippen molar-refractivity contribution in [2.75, 3.05) is 0 Å². The summed E-state index contributed by atoms with van der Waals surface area (Å²) in [4.78, 5) is 0.0931. The zero-order valence-corrected chi connectivity index (χ0v) is 12.6. The second-order valence-corrected chi connectivity index (χ2v) is 6.35. The molecule has 0 unspecified atom stereocenters. The third-order valence-electron chi connectivity index (χ3n) is 3.02. The molecule has 7 nitrogen and oxygen atoms in total. The lowest BCUT2D eigenvalue weighted by Crippen LogP contribution is -2.21. The Morgan fingerprint density at radius 3 is 2.38 bits per heavy atom. The smallest absolute Gasteiger partial charge is 0.280 e. The van der Waals surface area contributed by atoms with E-state index in [0.29, 0.717) is 11.5 Å². The lowest BCUT2D eigenvalue weighted by atomic mass is 10.2. The van der Waals surface area contributed by atoms with Gasteiger partial charge >= 0.3 is 10.1 Å². The van der Waals surface area contributed by atoms with Crippen LogP contribution in [0.25, 0.3) is 5.65 Å². The Hall–Kier alpha value is -2.35. The van der Waals surface area contributed by atoms with Crippen molar-refractivity contribution in [2.45, 2.75) is 25.7 Å². The predicted octanol–water partition coefficient (Wildman–Crippen LogP) is 1.27. The van der Waals surface area contributed by atoms with Gasteiger partial charge in [0.05, 0.1) is 5.69 Å². The van der Waals surface area contributed by atoms with Gasteiger partial charge in [0.25, 0.3) is 0 Å². The van der Waals surface area contributed by atoms with Crippen molar-refractivity contribution < 1.29 is 12.7 Å². The van der Waals surface area contributed by atoms with Crippen LogP contribution in [-0.4, -0.2) is 28.0 Å². The van der Waals surface area contributed by atoms with E-state index in [1.807, 2.05) is 6.92 Å². The van der Waals surface area contributed by atoms with Crippen LogP contribution >= 0.6 is 0 Å². The van der Waals surface area contributed by atoms with Crippen LogP contribution in [0.3, 0.4) is 0 Å². The van der Waals surface area contributed by atoms with Crippen molar-refractivity contribution in [3.63, 3.8) is 0 Å². The molecule has 0 saturated carbocycles. The second kappa shape index (κ2) is 4.59. The standard InChI is InChI=1S/C13H14N4O3S/c1-9-4-6-12(7-5-9)21(18,19)20-16-11(3)15-17-13(16)8-10(2)14-17/h4-8H,1-3H3. The lowest BCUT2D eigenvalue weighted by molar-refractivity contribution is 0.282. The van der Waals surface area contributed by atoms with Crippen LogP contribution in [0.4, 0.5) is 0 Å². The largest absolute Gasteiger partial charge is 0.357 e. The number of aryl methyl sites for hydroxylation is 3. The van der Waals surface area contributed by atoms with Gasteiger partial charge in [-0.2, -0.15) is 13.5 Å².